The highest BCUT2D eigenvalue weighted by molar-refractivity contribution is 5.93. The first-order valence-corrected chi connectivity index (χ1v) is 11.5. The van der Waals surface area contributed by atoms with Gasteiger partial charge in [0.25, 0.3) is 5.56 Å². The molecule has 0 saturated carbocycles. The topological polar surface area (TPSA) is 74.4 Å². The monoisotopic (exact) mass is 501 g/mol. The van der Waals surface area contributed by atoms with E-state index in [1.807, 2.05) is 22.8 Å². The van der Waals surface area contributed by atoms with Crippen LogP contribution >= 0.6 is 0 Å². The SMILES string of the molecule is C[C@@H]1CN2c3c(c(=O)n(C)c4ccc(C#N)nc34)OC[C@@H]2CN1[C@H](C)c1ccc(C(F)(F)F)cc1F. The van der Waals surface area contributed by atoms with E-state index in [4.69, 9.17) is 4.74 Å². The molecule has 2 aliphatic rings. The Balaban J connectivity index is 1.51. The molecule has 0 aliphatic carbocycles. The molecule has 1 fully saturated rings. The van der Waals surface area contributed by atoms with Crippen LogP contribution in [0.25, 0.3) is 11.0 Å². The molecule has 7 nitrogen and oxygen atoms in total. The molecule has 0 bridgehead atoms. The van der Waals surface area contributed by atoms with E-state index in [9.17, 15) is 27.6 Å². The van der Waals surface area contributed by atoms with E-state index in [1.165, 1.54) is 10.6 Å². The van der Waals surface area contributed by atoms with Crippen molar-refractivity contribution in [1.82, 2.24) is 14.5 Å². The number of aromatic nitrogens is 2. The number of anilines is 1. The first-order chi connectivity index (χ1) is 17.0. The number of nitriles is 1. The van der Waals surface area contributed by atoms with E-state index in [2.05, 4.69) is 4.98 Å². The number of hydrogen-bond acceptors (Lipinski definition) is 6. The Kier molecular flexibility index (Phi) is 5.67. The molecule has 0 amide bonds. The number of benzene rings is 1. The summed E-state index contributed by atoms with van der Waals surface area (Å²) in [5.41, 5.74) is 0.641. The fourth-order valence-electron chi connectivity index (χ4n) is 5.24. The predicted molar refractivity (Wildman–Crippen MR) is 124 cm³/mol. The molecule has 1 aromatic carbocycles. The van der Waals surface area contributed by atoms with E-state index in [0.717, 1.165) is 6.07 Å². The van der Waals surface area contributed by atoms with Gasteiger partial charge in [-0.1, -0.05) is 6.07 Å². The number of pyridine rings is 2. The molecule has 1 saturated heterocycles. The Morgan fingerprint density at radius 3 is 2.64 bits per heavy atom. The second kappa shape index (κ2) is 8.48. The molecule has 36 heavy (non-hydrogen) atoms. The first-order valence-electron chi connectivity index (χ1n) is 11.5. The van der Waals surface area contributed by atoms with Gasteiger partial charge >= 0.3 is 6.18 Å². The number of alkyl halides is 3. The minimum Gasteiger partial charge on any atom is -0.484 e. The van der Waals surface area contributed by atoms with Crippen molar-refractivity contribution in [2.24, 2.45) is 7.05 Å². The number of fused-ring (bicyclic) bond motifs is 5. The Labute approximate surface area is 204 Å². The fraction of sp³-hybridized carbons (Fsp3) is 0.400. The second-order valence-electron chi connectivity index (χ2n) is 9.29. The molecular formula is C25H23F4N5O2. The molecule has 188 valence electrons. The fourth-order valence-corrected chi connectivity index (χ4v) is 5.24. The Bertz CT molecular complexity index is 1460. The molecule has 3 atom stereocenters. The maximum atomic E-state index is 14.7. The van der Waals surface area contributed by atoms with Gasteiger partial charge < -0.3 is 14.2 Å². The minimum absolute atomic E-state index is 0.137. The van der Waals surface area contributed by atoms with Gasteiger partial charge in [0.2, 0.25) is 5.75 Å². The molecule has 0 unspecified atom stereocenters. The van der Waals surface area contributed by atoms with Crippen LogP contribution in [0.15, 0.2) is 35.1 Å². The maximum Gasteiger partial charge on any atom is 0.416 e. The molecule has 2 aliphatic heterocycles. The van der Waals surface area contributed by atoms with Gasteiger partial charge in [-0.2, -0.15) is 18.4 Å². The lowest BCUT2D eigenvalue weighted by Crippen LogP contribution is -2.61. The number of piperazine rings is 1. The third-order valence-electron chi connectivity index (χ3n) is 7.16. The zero-order chi connectivity index (χ0) is 25.9. The minimum atomic E-state index is -4.62. The van der Waals surface area contributed by atoms with Crippen LogP contribution in [0, 0.1) is 17.1 Å². The molecule has 2 aromatic heterocycles. The molecule has 3 aromatic rings. The summed E-state index contributed by atoms with van der Waals surface area (Å²) in [4.78, 5) is 21.6. The zero-order valence-corrected chi connectivity index (χ0v) is 19.8. The van der Waals surface area contributed by atoms with Crippen molar-refractivity contribution >= 4 is 16.7 Å². The van der Waals surface area contributed by atoms with Crippen molar-refractivity contribution in [3.8, 4) is 11.8 Å². The summed E-state index contributed by atoms with van der Waals surface area (Å²) in [6, 6.07) is 7.05. The van der Waals surface area contributed by atoms with Gasteiger partial charge in [0.05, 0.1) is 17.1 Å². The standard InChI is InChI=1S/C25H23F4N5O2/c1-13-10-34-17(11-33(13)14(2)18-6-4-15(8-19(18)26)25(27,28)29)12-36-23-22(34)21-20(32(3)24(23)35)7-5-16(9-30)31-21/h4-8,13-14,17H,10-12H2,1-3H3/t13-,14-,17+/m1/s1. The summed E-state index contributed by atoms with van der Waals surface area (Å²) in [6.45, 7) is 4.80. The Morgan fingerprint density at radius 2 is 1.97 bits per heavy atom. The van der Waals surface area contributed by atoms with Crippen molar-refractivity contribution < 1.29 is 22.3 Å². The first kappa shape index (κ1) is 24.1. The predicted octanol–water partition coefficient (Wildman–Crippen LogP) is 4.00. The summed E-state index contributed by atoms with van der Waals surface area (Å²) in [6.07, 6.45) is -4.62. The van der Waals surface area contributed by atoms with Crippen LogP contribution in [0.2, 0.25) is 0 Å². The Morgan fingerprint density at radius 1 is 1.22 bits per heavy atom. The maximum absolute atomic E-state index is 14.7. The summed E-state index contributed by atoms with van der Waals surface area (Å²) in [5.74, 6) is -0.730. The molecular weight excluding hydrogens is 478 g/mol. The van der Waals surface area contributed by atoms with Crippen molar-refractivity contribution in [1.29, 1.82) is 5.26 Å². The normalized spacial score (nSPS) is 20.9. The number of halogens is 4. The highest BCUT2D eigenvalue weighted by Gasteiger charge is 2.41. The summed E-state index contributed by atoms with van der Waals surface area (Å²) in [7, 11) is 1.62. The van der Waals surface area contributed by atoms with Gasteiger partial charge in [0.1, 0.15) is 35.4 Å². The number of aryl methyl sites for hydroxylation is 1. The van der Waals surface area contributed by atoms with Crippen LogP contribution in [-0.4, -0.2) is 46.2 Å². The molecule has 11 heteroatoms. The van der Waals surface area contributed by atoms with E-state index in [0.29, 0.717) is 35.9 Å². The number of rotatable bonds is 2. The summed E-state index contributed by atoms with van der Waals surface area (Å²) < 4.78 is 61.1. The van der Waals surface area contributed by atoms with E-state index < -0.39 is 23.6 Å². The molecule has 0 radical (unpaired) electrons. The highest BCUT2D eigenvalue weighted by Crippen LogP contribution is 2.41. The quantitative estimate of drug-likeness (QED) is 0.495. The summed E-state index contributed by atoms with van der Waals surface area (Å²) in [5, 5.41) is 9.36. The van der Waals surface area contributed by atoms with E-state index in [-0.39, 0.29) is 41.3 Å². The van der Waals surface area contributed by atoms with Gasteiger partial charge in [-0.15, -0.1) is 0 Å². The number of hydrogen-bond donors (Lipinski definition) is 0. The lowest BCUT2D eigenvalue weighted by atomic mass is 9.97. The van der Waals surface area contributed by atoms with Gasteiger partial charge in [-0.25, -0.2) is 9.37 Å². The molecule has 0 N–H and O–H groups in total. The van der Waals surface area contributed by atoms with E-state index >= 15 is 0 Å². The van der Waals surface area contributed by atoms with Crippen LogP contribution in [0.4, 0.5) is 23.2 Å². The number of ether oxygens (including phenoxy) is 1. The van der Waals surface area contributed by atoms with Crippen LogP contribution in [0.5, 0.6) is 5.75 Å². The van der Waals surface area contributed by atoms with Crippen molar-refractivity contribution in [2.75, 3.05) is 24.6 Å². The van der Waals surface area contributed by atoms with Crippen LogP contribution in [0.1, 0.15) is 36.7 Å². The zero-order valence-electron chi connectivity index (χ0n) is 19.8. The average molecular weight is 501 g/mol. The average Bonchev–Trinajstić information content (AvgIpc) is 2.85. The van der Waals surface area contributed by atoms with Crippen LogP contribution in [0.3, 0.4) is 0 Å². The molecule has 5 rings (SSSR count). The second-order valence-corrected chi connectivity index (χ2v) is 9.29. The van der Waals surface area contributed by atoms with Gasteiger partial charge in [-0.05, 0) is 38.1 Å². The third-order valence-corrected chi connectivity index (χ3v) is 7.16. The lowest BCUT2D eigenvalue weighted by molar-refractivity contribution is -0.137. The van der Waals surface area contributed by atoms with Crippen molar-refractivity contribution in [3.63, 3.8) is 0 Å². The largest absolute Gasteiger partial charge is 0.484 e. The van der Waals surface area contributed by atoms with Crippen molar-refractivity contribution in [3.05, 3.63) is 63.3 Å². The van der Waals surface area contributed by atoms with Gasteiger partial charge in [-0.3, -0.25) is 9.69 Å². The molecule has 0 spiro atoms. The highest BCUT2D eigenvalue weighted by atomic mass is 19.4. The van der Waals surface area contributed by atoms with Crippen LogP contribution < -0.4 is 15.2 Å². The third kappa shape index (κ3) is 3.76. The number of nitrogens with zero attached hydrogens (tertiary/aromatic N) is 5. The Hall–Kier alpha value is -3.65. The smallest absolute Gasteiger partial charge is 0.416 e. The van der Waals surface area contributed by atoms with Gasteiger partial charge in [0, 0.05) is 37.8 Å². The molecule has 4 heterocycles. The lowest BCUT2D eigenvalue weighted by Gasteiger charge is -2.50. The van der Waals surface area contributed by atoms with Crippen molar-refractivity contribution in [2.45, 2.75) is 38.1 Å². The van der Waals surface area contributed by atoms with E-state index in [1.54, 1.807) is 26.1 Å². The van der Waals surface area contributed by atoms with Gasteiger partial charge in [0.15, 0.2) is 0 Å². The summed E-state index contributed by atoms with van der Waals surface area (Å²) >= 11 is 0. The van der Waals surface area contributed by atoms with Crippen LogP contribution in [-0.2, 0) is 13.2 Å².